The van der Waals surface area contributed by atoms with Crippen molar-refractivity contribution in [3.8, 4) is 5.75 Å². The molecule has 1 unspecified atom stereocenters. The number of hydrogen-bond acceptors (Lipinski definition) is 4. The normalized spacial score (nSPS) is 12.8. The molecule has 26 heavy (non-hydrogen) atoms. The molecular formula is C22H28O4. The van der Waals surface area contributed by atoms with Gasteiger partial charge in [0.2, 0.25) is 0 Å². The second kappa shape index (κ2) is 11.5. The smallest absolute Gasteiger partial charge is 0.147 e. The van der Waals surface area contributed by atoms with Gasteiger partial charge in [-0.25, -0.2) is 0 Å². The van der Waals surface area contributed by atoms with Crippen LogP contribution in [0, 0.1) is 0 Å². The van der Waals surface area contributed by atoms with E-state index in [0.717, 1.165) is 28.9 Å². The molecular weight excluding hydrogens is 328 g/mol. The minimum absolute atomic E-state index is 0.0325. The van der Waals surface area contributed by atoms with Gasteiger partial charge in [-0.3, -0.25) is 0 Å². The number of hydrogen-bond donors (Lipinski definition) is 0. The van der Waals surface area contributed by atoms with Crippen LogP contribution in [0.4, 0.5) is 0 Å². The largest absolute Gasteiger partial charge is 0.497 e. The van der Waals surface area contributed by atoms with Gasteiger partial charge in [0.25, 0.3) is 0 Å². The maximum Gasteiger partial charge on any atom is 0.147 e. The molecule has 0 aliphatic carbocycles. The van der Waals surface area contributed by atoms with Crippen LogP contribution in [0.3, 0.4) is 0 Å². The molecule has 0 aromatic heterocycles. The first-order valence-electron chi connectivity index (χ1n) is 8.88. The first-order chi connectivity index (χ1) is 12.8. The molecule has 2 rings (SSSR count). The Hall–Kier alpha value is -2.14. The van der Waals surface area contributed by atoms with Gasteiger partial charge in [0.15, 0.2) is 0 Å². The molecule has 4 nitrogen and oxygen atoms in total. The highest BCUT2D eigenvalue weighted by atomic mass is 16.7. The lowest BCUT2D eigenvalue weighted by molar-refractivity contribution is -0.0851. The van der Waals surface area contributed by atoms with Crippen LogP contribution in [-0.2, 0) is 14.2 Å². The number of methoxy groups -OCH3 is 2. The molecule has 0 spiro atoms. The van der Waals surface area contributed by atoms with Crippen LogP contribution in [0.1, 0.15) is 24.5 Å². The van der Waals surface area contributed by atoms with Crippen molar-refractivity contribution in [2.24, 2.45) is 0 Å². The molecule has 0 saturated carbocycles. The van der Waals surface area contributed by atoms with Crippen molar-refractivity contribution in [3.63, 3.8) is 0 Å². The van der Waals surface area contributed by atoms with Crippen molar-refractivity contribution in [2.75, 3.05) is 34.2 Å². The lowest BCUT2D eigenvalue weighted by atomic mass is 9.96. The van der Waals surface area contributed by atoms with Crippen molar-refractivity contribution in [1.29, 1.82) is 0 Å². The quantitative estimate of drug-likeness (QED) is 0.437. The zero-order valence-corrected chi connectivity index (χ0v) is 15.8. The lowest BCUT2D eigenvalue weighted by Gasteiger charge is -2.16. The minimum Gasteiger partial charge on any atom is -0.497 e. The molecule has 0 N–H and O–H groups in total. The van der Waals surface area contributed by atoms with E-state index < -0.39 is 0 Å². The van der Waals surface area contributed by atoms with Crippen LogP contribution in [0.2, 0.25) is 0 Å². The van der Waals surface area contributed by atoms with Crippen molar-refractivity contribution >= 4 is 5.57 Å². The third kappa shape index (κ3) is 6.30. The van der Waals surface area contributed by atoms with Crippen LogP contribution < -0.4 is 4.74 Å². The molecule has 140 valence electrons. The maximum absolute atomic E-state index is 5.88. The van der Waals surface area contributed by atoms with Crippen LogP contribution in [0.15, 0.2) is 60.7 Å². The highest BCUT2D eigenvalue weighted by Crippen LogP contribution is 2.26. The Balaban J connectivity index is 2.19. The van der Waals surface area contributed by atoms with Gasteiger partial charge >= 0.3 is 0 Å². The molecule has 0 saturated heterocycles. The van der Waals surface area contributed by atoms with E-state index in [9.17, 15) is 0 Å². The second-order valence-electron chi connectivity index (χ2n) is 5.81. The summed E-state index contributed by atoms with van der Waals surface area (Å²) in [6.45, 7) is 3.45. The number of rotatable bonds is 11. The van der Waals surface area contributed by atoms with E-state index in [1.807, 2.05) is 30.3 Å². The van der Waals surface area contributed by atoms with Gasteiger partial charge in [-0.05, 0) is 41.3 Å². The molecule has 0 heterocycles. The van der Waals surface area contributed by atoms with E-state index in [2.05, 4.69) is 37.3 Å². The summed E-state index contributed by atoms with van der Waals surface area (Å²) in [5.41, 5.74) is 3.41. The van der Waals surface area contributed by atoms with Crippen molar-refractivity contribution in [3.05, 3.63) is 71.8 Å². The van der Waals surface area contributed by atoms with Gasteiger partial charge < -0.3 is 18.9 Å². The topological polar surface area (TPSA) is 36.9 Å². The van der Waals surface area contributed by atoms with Gasteiger partial charge in [-0.15, -0.1) is 0 Å². The van der Waals surface area contributed by atoms with E-state index in [4.69, 9.17) is 18.9 Å². The molecule has 0 aliphatic rings. The summed E-state index contributed by atoms with van der Waals surface area (Å²) in [5, 5.41) is 0. The maximum atomic E-state index is 5.88. The Labute approximate surface area is 156 Å². The van der Waals surface area contributed by atoms with E-state index in [0.29, 0.717) is 13.2 Å². The first-order valence-corrected chi connectivity index (χ1v) is 8.88. The second-order valence-corrected chi connectivity index (χ2v) is 5.81. The monoisotopic (exact) mass is 356 g/mol. The average Bonchev–Trinajstić information content (AvgIpc) is 2.71. The summed E-state index contributed by atoms with van der Waals surface area (Å²) in [6.07, 6.45) is 2.99. The van der Waals surface area contributed by atoms with Crippen LogP contribution >= 0.6 is 0 Å². The molecule has 2 aromatic carbocycles. The predicted octanol–water partition coefficient (Wildman–Crippen LogP) is 4.54. The minimum atomic E-state index is -0.0325. The van der Waals surface area contributed by atoms with Crippen LogP contribution in [-0.4, -0.2) is 40.3 Å². The van der Waals surface area contributed by atoms with Crippen LogP contribution in [0.5, 0.6) is 5.75 Å². The zero-order valence-electron chi connectivity index (χ0n) is 15.8. The molecule has 0 radical (unpaired) electrons. The molecule has 1 atom stereocenters. The summed E-state index contributed by atoms with van der Waals surface area (Å²) in [6, 6.07) is 18.4. The fourth-order valence-corrected chi connectivity index (χ4v) is 2.55. The van der Waals surface area contributed by atoms with Crippen LogP contribution in [0.25, 0.3) is 5.57 Å². The molecule has 0 bridgehead atoms. The summed E-state index contributed by atoms with van der Waals surface area (Å²) >= 11 is 0. The van der Waals surface area contributed by atoms with Gasteiger partial charge in [0.1, 0.15) is 12.5 Å². The Morgan fingerprint density at radius 2 is 1.62 bits per heavy atom. The Bertz CT molecular complexity index is 650. The standard InChI is InChI=1S/C22H28O4/c1-4-20(26-17-25-15-14-23-2)16-22(18-8-6-5-7-9-18)19-10-12-21(24-3)13-11-19/h5-13,16,20H,4,14-15,17H2,1-3H3/b22-16+. The van der Waals surface area contributed by atoms with Crippen molar-refractivity contribution < 1.29 is 18.9 Å². The number of ether oxygens (including phenoxy) is 4. The number of benzene rings is 2. The summed E-state index contributed by atoms with van der Waals surface area (Å²) in [5.74, 6) is 0.844. The van der Waals surface area contributed by atoms with Crippen molar-refractivity contribution in [1.82, 2.24) is 0 Å². The lowest BCUT2D eigenvalue weighted by Crippen LogP contribution is -2.14. The molecule has 0 aliphatic heterocycles. The molecule has 0 amide bonds. The summed E-state index contributed by atoms with van der Waals surface area (Å²) < 4.78 is 21.6. The highest BCUT2D eigenvalue weighted by Gasteiger charge is 2.10. The van der Waals surface area contributed by atoms with E-state index in [1.165, 1.54) is 0 Å². The van der Waals surface area contributed by atoms with Gasteiger partial charge in [-0.2, -0.15) is 0 Å². The van der Waals surface area contributed by atoms with E-state index >= 15 is 0 Å². The van der Waals surface area contributed by atoms with Gasteiger partial charge in [0, 0.05) is 7.11 Å². The Morgan fingerprint density at radius 1 is 0.923 bits per heavy atom. The average molecular weight is 356 g/mol. The SMILES string of the molecule is CCC(/C=C(\c1ccccc1)c1ccc(OC)cc1)OCOCCOC. The highest BCUT2D eigenvalue weighted by molar-refractivity contribution is 5.80. The summed E-state index contributed by atoms with van der Waals surface area (Å²) in [7, 11) is 3.33. The Kier molecular flexibility index (Phi) is 8.90. The third-order valence-corrected chi connectivity index (χ3v) is 4.04. The molecule has 2 aromatic rings. The van der Waals surface area contributed by atoms with Gasteiger partial charge in [-0.1, -0.05) is 49.4 Å². The fraction of sp³-hybridized carbons (Fsp3) is 0.364. The van der Waals surface area contributed by atoms with E-state index in [1.54, 1.807) is 14.2 Å². The molecule has 4 heteroatoms. The van der Waals surface area contributed by atoms with Gasteiger partial charge in [0.05, 0.1) is 26.4 Å². The molecule has 0 fully saturated rings. The van der Waals surface area contributed by atoms with E-state index in [-0.39, 0.29) is 12.9 Å². The predicted molar refractivity (Wildman–Crippen MR) is 104 cm³/mol. The van der Waals surface area contributed by atoms with Crippen molar-refractivity contribution in [2.45, 2.75) is 19.4 Å². The third-order valence-electron chi connectivity index (χ3n) is 4.04. The summed E-state index contributed by atoms with van der Waals surface area (Å²) in [4.78, 5) is 0. The zero-order chi connectivity index (χ0) is 18.6. The fourth-order valence-electron chi connectivity index (χ4n) is 2.55. The first kappa shape index (κ1) is 20.2. The Morgan fingerprint density at radius 3 is 2.23 bits per heavy atom.